The zero-order valence-electron chi connectivity index (χ0n) is 18.0. The minimum absolute atomic E-state index is 0.0454. The average molecular weight is 453 g/mol. The summed E-state index contributed by atoms with van der Waals surface area (Å²) in [6.07, 6.45) is 2.18. The van der Waals surface area contributed by atoms with E-state index < -0.39 is 35.1 Å². The predicted octanol–water partition coefficient (Wildman–Crippen LogP) is 5.28. The molecule has 0 bridgehead atoms. The lowest BCUT2D eigenvalue weighted by molar-refractivity contribution is -0.132. The van der Waals surface area contributed by atoms with Gasteiger partial charge in [0.25, 0.3) is 11.7 Å². The number of Topliss-reactive ketones (excluding diaryl/α,β-unsaturated/α-hetero) is 1. The van der Waals surface area contributed by atoms with Crippen LogP contribution in [0.3, 0.4) is 0 Å². The van der Waals surface area contributed by atoms with Crippen molar-refractivity contribution in [3.05, 3.63) is 88.9 Å². The summed E-state index contributed by atoms with van der Waals surface area (Å²) in [5.41, 5.74) is 0.769. The molecule has 4 rings (SSSR count). The third-order valence-electron chi connectivity index (χ3n) is 5.35. The van der Waals surface area contributed by atoms with Gasteiger partial charge in [0.05, 0.1) is 18.4 Å². The van der Waals surface area contributed by atoms with Gasteiger partial charge in [0, 0.05) is 17.3 Å². The normalized spacial score (nSPS) is 17.6. The third kappa shape index (κ3) is 4.00. The first-order valence-corrected chi connectivity index (χ1v) is 10.4. The van der Waals surface area contributed by atoms with Gasteiger partial charge in [-0.1, -0.05) is 6.92 Å². The van der Waals surface area contributed by atoms with Crippen molar-refractivity contribution in [3.63, 3.8) is 0 Å². The number of hydrogen-bond donors (Lipinski definition) is 1. The summed E-state index contributed by atoms with van der Waals surface area (Å²) in [4.78, 5) is 26.9. The SMILES string of the molecule is CCCOc1ccc(/C(O)=C2/C(=O)C(=O)N(c3ccc(F)c(F)c3)C2c2ccco2)cc1C. The van der Waals surface area contributed by atoms with E-state index in [1.807, 2.05) is 6.92 Å². The molecule has 0 radical (unpaired) electrons. The lowest BCUT2D eigenvalue weighted by atomic mass is 9.98. The van der Waals surface area contributed by atoms with Crippen molar-refractivity contribution in [2.45, 2.75) is 26.3 Å². The van der Waals surface area contributed by atoms with E-state index in [0.29, 0.717) is 17.9 Å². The number of ether oxygens (including phenoxy) is 1. The standard InChI is InChI=1S/C25H21F2NO5/c1-3-10-32-19-9-6-15(12-14(19)2)23(29)21-22(20-5-4-11-33-20)28(25(31)24(21)30)16-7-8-17(26)18(27)13-16/h4-9,11-13,22,29H,3,10H2,1-2H3/b23-21-. The van der Waals surface area contributed by atoms with Gasteiger partial charge in [-0.15, -0.1) is 0 Å². The van der Waals surface area contributed by atoms with Crippen LogP contribution in [0.15, 0.2) is 64.8 Å². The van der Waals surface area contributed by atoms with Gasteiger partial charge in [-0.05, 0) is 61.4 Å². The number of amides is 1. The van der Waals surface area contributed by atoms with E-state index in [1.165, 1.54) is 18.4 Å². The molecule has 33 heavy (non-hydrogen) atoms. The molecule has 1 fully saturated rings. The number of nitrogens with zero attached hydrogens (tertiary/aromatic N) is 1. The predicted molar refractivity (Wildman–Crippen MR) is 117 cm³/mol. The van der Waals surface area contributed by atoms with Crippen molar-refractivity contribution < 1.29 is 32.6 Å². The monoisotopic (exact) mass is 453 g/mol. The lowest BCUT2D eigenvalue weighted by Crippen LogP contribution is -2.29. The Morgan fingerprint density at radius 1 is 1.12 bits per heavy atom. The van der Waals surface area contributed by atoms with Crippen LogP contribution in [0.2, 0.25) is 0 Å². The molecule has 0 spiro atoms. The highest BCUT2D eigenvalue weighted by atomic mass is 19.2. The van der Waals surface area contributed by atoms with Crippen LogP contribution in [-0.2, 0) is 9.59 Å². The van der Waals surface area contributed by atoms with Crippen molar-refractivity contribution in [1.82, 2.24) is 0 Å². The fourth-order valence-electron chi connectivity index (χ4n) is 3.78. The number of furan rings is 1. The molecule has 1 aromatic heterocycles. The molecule has 1 aliphatic heterocycles. The first-order chi connectivity index (χ1) is 15.8. The molecule has 2 heterocycles. The van der Waals surface area contributed by atoms with Crippen molar-refractivity contribution in [1.29, 1.82) is 0 Å². The van der Waals surface area contributed by atoms with Gasteiger partial charge in [0.15, 0.2) is 11.6 Å². The van der Waals surface area contributed by atoms with Crippen molar-refractivity contribution >= 4 is 23.1 Å². The van der Waals surface area contributed by atoms with Gasteiger partial charge in [-0.25, -0.2) is 8.78 Å². The molecular weight excluding hydrogens is 432 g/mol. The summed E-state index contributed by atoms with van der Waals surface area (Å²) in [5, 5.41) is 11.1. The Morgan fingerprint density at radius 2 is 1.91 bits per heavy atom. The number of rotatable bonds is 6. The number of aliphatic hydroxyl groups excluding tert-OH is 1. The number of aryl methyl sites for hydroxylation is 1. The molecule has 1 unspecified atom stereocenters. The second-order valence-corrected chi connectivity index (χ2v) is 7.61. The quantitative estimate of drug-likeness (QED) is 0.312. The fourth-order valence-corrected chi connectivity index (χ4v) is 3.78. The van der Waals surface area contributed by atoms with Crippen LogP contribution in [0.4, 0.5) is 14.5 Å². The molecule has 3 aromatic rings. The molecule has 1 saturated heterocycles. The maximum Gasteiger partial charge on any atom is 0.300 e. The Morgan fingerprint density at radius 3 is 2.55 bits per heavy atom. The lowest BCUT2D eigenvalue weighted by Gasteiger charge is -2.23. The minimum atomic E-state index is -1.18. The summed E-state index contributed by atoms with van der Waals surface area (Å²) in [6.45, 7) is 4.31. The molecule has 1 aliphatic rings. The highest BCUT2D eigenvalue weighted by molar-refractivity contribution is 6.51. The summed E-state index contributed by atoms with van der Waals surface area (Å²) < 4.78 is 38.5. The maximum atomic E-state index is 13.9. The van der Waals surface area contributed by atoms with Crippen molar-refractivity contribution in [3.8, 4) is 5.75 Å². The van der Waals surface area contributed by atoms with Crippen molar-refractivity contribution in [2.24, 2.45) is 0 Å². The van der Waals surface area contributed by atoms with Gasteiger partial charge in [-0.3, -0.25) is 14.5 Å². The Hall–Kier alpha value is -3.94. The number of carbonyl (C=O) groups is 2. The van der Waals surface area contributed by atoms with Gasteiger partial charge < -0.3 is 14.3 Å². The zero-order valence-corrected chi connectivity index (χ0v) is 18.0. The van der Waals surface area contributed by atoms with Crippen LogP contribution in [0.1, 0.15) is 36.3 Å². The van der Waals surface area contributed by atoms with Crippen molar-refractivity contribution in [2.75, 3.05) is 11.5 Å². The number of anilines is 1. The second-order valence-electron chi connectivity index (χ2n) is 7.61. The Labute approximate surface area is 188 Å². The van der Waals surface area contributed by atoms with Gasteiger partial charge in [0.1, 0.15) is 23.3 Å². The van der Waals surface area contributed by atoms with E-state index in [1.54, 1.807) is 31.2 Å². The highest BCUT2D eigenvalue weighted by Gasteiger charge is 2.48. The number of halogens is 2. The number of aliphatic hydroxyl groups is 1. The van der Waals surface area contributed by atoms with Gasteiger partial charge in [-0.2, -0.15) is 0 Å². The van der Waals surface area contributed by atoms with Crippen LogP contribution in [-0.4, -0.2) is 23.4 Å². The molecule has 2 aromatic carbocycles. The zero-order chi connectivity index (χ0) is 23.7. The second kappa shape index (κ2) is 8.90. The third-order valence-corrected chi connectivity index (χ3v) is 5.35. The number of carbonyl (C=O) groups excluding carboxylic acids is 2. The largest absolute Gasteiger partial charge is 0.507 e. The number of benzene rings is 2. The molecule has 170 valence electrons. The molecule has 1 atom stereocenters. The van der Waals surface area contributed by atoms with Crippen LogP contribution in [0.5, 0.6) is 5.75 Å². The van der Waals surface area contributed by atoms with Crippen LogP contribution >= 0.6 is 0 Å². The van der Waals surface area contributed by atoms with Crippen LogP contribution < -0.4 is 9.64 Å². The molecule has 6 nitrogen and oxygen atoms in total. The van der Waals surface area contributed by atoms with E-state index in [9.17, 15) is 23.5 Å². The highest BCUT2D eigenvalue weighted by Crippen LogP contribution is 2.42. The summed E-state index contributed by atoms with van der Waals surface area (Å²) in [6, 6.07) is 9.69. The summed E-state index contributed by atoms with van der Waals surface area (Å²) in [7, 11) is 0. The maximum absolute atomic E-state index is 13.9. The minimum Gasteiger partial charge on any atom is -0.507 e. The Balaban J connectivity index is 1.85. The first kappa shape index (κ1) is 22.3. The first-order valence-electron chi connectivity index (χ1n) is 10.4. The topological polar surface area (TPSA) is 80.0 Å². The summed E-state index contributed by atoms with van der Waals surface area (Å²) >= 11 is 0. The van der Waals surface area contributed by atoms with E-state index >= 15 is 0 Å². The van der Waals surface area contributed by atoms with E-state index in [0.717, 1.165) is 29.0 Å². The molecule has 1 amide bonds. The molecule has 0 aliphatic carbocycles. The Kier molecular flexibility index (Phi) is 6.00. The molecule has 0 saturated carbocycles. The number of hydrogen-bond acceptors (Lipinski definition) is 5. The molecule has 8 heteroatoms. The van der Waals surface area contributed by atoms with Gasteiger partial charge >= 0.3 is 0 Å². The Bertz CT molecular complexity index is 1250. The fraction of sp³-hybridized carbons (Fsp3) is 0.200. The van der Waals surface area contributed by atoms with Crippen LogP contribution in [0.25, 0.3) is 5.76 Å². The van der Waals surface area contributed by atoms with E-state index in [4.69, 9.17) is 9.15 Å². The van der Waals surface area contributed by atoms with E-state index in [-0.39, 0.29) is 17.0 Å². The van der Waals surface area contributed by atoms with Crippen LogP contribution in [0, 0.1) is 18.6 Å². The molecule has 1 N–H and O–H groups in total. The van der Waals surface area contributed by atoms with E-state index in [2.05, 4.69) is 0 Å². The number of ketones is 1. The average Bonchev–Trinajstić information content (AvgIpc) is 3.41. The summed E-state index contributed by atoms with van der Waals surface area (Å²) in [5.74, 6) is -3.83. The van der Waals surface area contributed by atoms with Gasteiger partial charge in [0.2, 0.25) is 0 Å². The molecular formula is C25H21F2NO5. The smallest absolute Gasteiger partial charge is 0.300 e.